The summed E-state index contributed by atoms with van der Waals surface area (Å²) in [5.41, 5.74) is 1.99. The first-order chi connectivity index (χ1) is 14.0. The molecule has 1 fully saturated rings. The average Bonchev–Trinajstić information content (AvgIpc) is 3.33. The fourth-order valence-electron chi connectivity index (χ4n) is 3.62. The second-order valence-electron chi connectivity index (χ2n) is 6.94. The summed E-state index contributed by atoms with van der Waals surface area (Å²) in [7, 11) is 3.18. The molecule has 0 spiro atoms. The summed E-state index contributed by atoms with van der Waals surface area (Å²) in [5.74, 6) is 2.55. The van der Waals surface area contributed by atoms with E-state index in [0.717, 1.165) is 24.5 Å². The summed E-state index contributed by atoms with van der Waals surface area (Å²) < 4.78 is 12.4. The van der Waals surface area contributed by atoms with Crippen molar-refractivity contribution in [2.24, 2.45) is 0 Å². The zero-order valence-corrected chi connectivity index (χ0v) is 16.8. The number of fused-ring (bicyclic) bond motifs is 1. The van der Waals surface area contributed by atoms with E-state index in [4.69, 9.17) is 9.47 Å². The minimum Gasteiger partial charge on any atom is -0.493 e. The van der Waals surface area contributed by atoms with Crippen LogP contribution in [0, 0.1) is 6.92 Å². The number of aromatic nitrogens is 5. The molecular weight excluding hydrogens is 374 g/mol. The van der Waals surface area contributed by atoms with Crippen LogP contribution in [0.2, 0.25) is 0 Å². The quantitative estimate of drug-likeness (QED) is 0.685. The highest BCUT2D eigenvalue weighted by Crippen LogP contribution is 2.31. The summed E-state index contributed by atoms with van der Waals surface area (Å²) >= 11 is 0. The van der Waals surface area contributed by atoms with E-state index in [0.29, 0.717) is 35.0 Å². The van der Waals surface area contributed by atoms with Gasteiger partial charge in [-0.3, -0.25) is 4.79 Å². The smallest absolute Gasteiger partial charge is 0.217 e. The molecule has 29 heavy (non-hydrogen) atoms. The Morgan fingerprint density at radius 2 is 2.00 bits per heavy atom. The fraction of sp³-hybridized carbons (Fsp3) is 0.421. The molecule has 0 radical (unpaired) electrons. The van der Waals surface area contributed by atoms with E-state index in [1.54, 1.807) is 18.9 Å². The van der Waals surface area contributed by atoms with E-state index < -0.39 is 0 Å². The zero-order chi connectivity index (χ0) is 20.5. The number of nitrogens with zero attached hydrogens (tertiary/aromatic N) is 6. The first-order valence-electron chi connectivity index (χ1n) is 9.34. The summed E-state index contributed by atoms with van der Waals surface area (Å²) in [5, 5.41) is 11.6. The Kier molecular flexibility index (Phi) is 4.91. The normalized spacial score (nSPS) is 16.3. The van der Waals surface area contributed by atoms with Crippen LogP contribution >= 0.6 is 0 Å². The largest absolute Gasteiger partial charge is 0.493 e. The molecule has 1 unspecified atom stereocenters. The Hall–Kier alpha value is -3.43. The van der Waals surface area contributed by atoms with Gasteiger partial charge in [-0.15, -0.1) is 5.10 Å². The number of aryl methyl sites for hydroxylation is 1. The molecule has 152 valence electrons. The van der Waals surface area contributed by atoms with Gasteiger partial charge in [0.2, 0.25) is 5.91 Å². The first-order valence-corrected chi connectivity index (χ1v) is 9.34. The van der Waals surface area contributed by atoms with Crippen LogP contribution < -0.4 is 19.7 Å². The summed E-state index contributed by atoms with van der Waals surface area (Å²) in [6, 6.07) is 5.61. The van der Waals surface area contributed by atoms with Gasteiger partial charge < -0.3 is 19.7 Å². The Morgan fingerprint density at radius 3 is 2.72 bits per heavy atom. The zero-order valence-electron chi connectivity index (χ0n) is 16.8. The molecule has 1 amide bonds. The summed E-state index contributed by atoms with van der Waals surface area (Å²) in [6.07, 6.45) is 0.855. The minimum atomic E-state index is -0.0275. The molecule has 1 N–H and O–H groups in total. The third kappa shape index (κ3) is 3.53. The van der Waals surface area contributed by atoms with Crippen molar-refractivity contribution in [3.8, 4) is 17.2 Å². The highest BCUT2D eigenvalue weighted by Gasteiger charge is 2.27. The van der Waals surface area contributed by atoms with Crippen LogP contribution in [0.1, 0.15) is 19.2 Å². The number of hydrogen-bond donors (Lipinski definition) is 1. The highest BCUT2D eigenvalue weighted by atomic mass is 16.5. The van der Waals surface area contributed by atoms with E-state index in [2.05, 4.69) is 30.5 Å². The molecule has 10 heteroatoms. The van der Waals surface area contributed by atoms with Crippen molar-refractivity contribution < 1.29 is 14.3 Å². The fourth-order valence-corrected chi connectivity index (χ4v) is 3.62. The van der Waals surface area contributed by atoms with Crippen molar-refractivity contribution in [2.45, 2.75) is 26.3 Å². The maximum absolute atomic E-state index is 11.4. The SMILES string of the molecule is COc1ccc(-n2nnc3c(N4CCC(NC(C)=O)C4)nc(C)nc32)cc1OC. The molecule has 0 saturated carbocycles. The molecule has 2 aromatic heterocycles. The topological polar surface area (TPSA) is 107 Å². The number of rotatable bonds is 5. The molecule has 1 aromatic carbocycles. The van der Waals surface area contributed by atoms with Gasteiger partial charge in [-0.05, 0) is 25.5 Å². The van der Waals surface area contributed by atoms with Gasteiger partial charge in [-0.1, -0.05) is 5.21 Å². The van der Waals surface area contributed by atoms with Crippen molar-refractivity contribution >= 4 is 22.9 Å². The van der Waals surface area contributed by atoms with Gasteiger partial charge in [-0.25, -0.2) is 9.97 Å². The molecule has 1 atom stereocenters. The van der Waals surface area contributed by atoms with Gasteiger partial charge in [0, 0.05) is 32.1 Å². The number of hydrogen-bond acceptors (Lipinski definition) is 8. The maximum Gasteiger partial charge on any atom is 0.217 e. The van der Waals surface area contributed by atoms with Crippen molar-refractivity contribution in [3.05, 3.63) is 24.0 Å². The number of methoxy groups -OCH3 is 2. The highest BCUT2D eigenvalue weighted by molar-refractivity contribution is 5.84. The van der Waals surface area contributed by atoms with Gasteiger partial charge in [0.05, 0.1) is 19.9 Å². The van der Waals surface area contributed by atoms with E-state index >= 15 is 0 Å². The Bertz CT molecular complexity index is 1070. The molecule has 3 aromatic rings. The van der Waals surface area contributed by atoms with Gasteiger partial charge >= 0.3 is 0 Å². The summed E-state index contributed by atoms with van der Waals surface area (Å²) in [6.45, 7) is 4.83. The lowest BCUT2D eigenvalue weighted by Gasteiger charge is -2.18. The van der Waals surface area contributed by atoms with Gasteiger partial charge in [0.25, 0.3) is 0 Å². The van der Waals surface area contributed by atoms with Crippen LogP contribution in [-0.2, 0) is 4.79 Å². The van der Waals surface area contributed by atoms with Gasteiger partial charge in [0.1, 0.15) is 5.82 Å². The van der Waals surface area contributed by atoms with Gasteiger partial charge in [0.15, 0.2) is 28.5 Å². The van der Waals surface area contributed by atoms with Crippen molar-refractivity contribution in [2.75, 3.05) is 32.2 Å². The minimum absolute atomic E-state index is 0.0275. The molecule has 4 rings (SSSR count). The van der Waals surface area contributed by atoms with Crippen LogP contribution in [0.4, 0.5) is 5.82 Å². The lowest BCUT2D eigenvalue weighted by molar-refractivity contribution is -0.119. The monoisotopic (exact) mass is 397 g/mol. The number of carbonyl (C=O) groups is 1. The molecule has 1 aliphatic rings. The number of carbonyl (C=O) groups excluding carboxylic acids is 1. The predicted molar refractivity (Wildman–Crippen MR) is 107 cm³/mol. The van der Waals surface area contributed by atoms with E-state index in [1.165, 1.54) is 6.92 Å². The van der Waals surface area contributed by atoms with Crippen molar-refractivity contribution in [1.29, 1.82) is 0 Å². The second-order valence-corrected chi connectivity index (χ2v) is 6.94. The molecule has 0 aliphatic carbocycles. The molecule has 0 bridgehead atoms. The van der Waals surface area contributed by atoms with Crippen LogP contribution in [0.25, 0.3) is 16.9 Å². The van der Waals surface area contributed by atoms with E-state index in [-0.39, 0.29) is 11.9 Å². The Morgan fingerprint density at radius 1 is 1.21 bits per heavy atom. The number of benzene rings is 1. The number of nitrogens with one attached hydrogen (secondary N) is 1. The first kappa shape index (κ1) is 18.9. The van der Waals surface area contributed by atoms with Crippen molar-refractivity contribution in [1.82, 2.24) is 30.3 Å². The third-order valence-corrected chi connectivity index (χ3v) is 4.90. The Labute approximate surface area is 167 Å². The van der Waals surface area contributed by atoms with E-state index in [1.807, 2.05) is 25.1 Å². The van der Waals surface area contributed by atoms with Crippen LogP contribution in [0.15, 0.2) is 18.2 Å². The average molecular weight is 397 g/mol. The molecule has 1 saturated heterocycles. The standard InChI is InChI=1S/C19H23N7O3/c1-11-20-18(25-8-7-13(10-25)22-12(2)27)17-19(21-11)26(24-23-17)14-5-6-15(28-3)16(9-14)29-4/h5-6,9,13H,7-8,10H2,1-4H3,(H,22,27). The summed E-state index contributed by atoms with van der Waals surface area (Å²) in [4.78, 5) is 22.7. The molecular formula is C19H23N7O3. The van der Waals surface area contributed by atoms with Crippen LogP contribution in [0.5, 0.6) is 11.5 Å². The molecule has 3 heterocycles. The lowest BCUT2D eigenvalue weighted by atomic mass is 10.2. The van der Waals surface area contributed by atoms with Crippen molar-refractivity contribution in [3.63, 3.8) is 0 Å². The number of anilines is 1. The maximum atomic E-state index is 11.4. The number of ether oxygens (including phenoxy) is 2. The Balaban J connectivity index is 1.74. The van der Waals surface area contributed by atoms with Crippen LogP contribution in [-0.4, -0.2) is 64.2 Å². The second kappa shape index (κ2) is 7.53. The van der Waals surface area contributed by atoms with Crippen LogP contribution in [0.3, 0.4) is 0 Å². The third-order valence-electron chi connectivity index (χ3n) is 4.90. The lowest BCUT2D eigenvalue weighted by Crippen LogP contribution is -2.35. The van der Waals surface area contributed by atoms with E-state index in [9.17, 15) is 4.79 Å². The molecule has 10 nitrogen and oxygen atoms in total. The van der Waals surface area contributed by atoms with Gasteiger partial charge in [-0.2, -0.15) is 4.68 Å². The predicted octanol–water partition coefficient (Wildman–Crippen LogP) is 1.25. The number of amides is 1. The molecule has 1 aliphatic heterocycles.